The van der Waals surface area contributed by atoms with Crippen LogP contribution in [0.25, 0.3) is 0 Å². The average Bonchev–Trinajstić information content (AvgIpc) is 3.66. The van der Waals surface area contributed by atoms with Gasteiger partial charge in [0.25, 0.3) is 0 Å². The highest BCUT2D eigenvalue weighted by molar-refractivity contribution is 7.47. The van der Waals surface area contributed by atoms with Crippen LogP contribution in [-0.2, 0) is 65.4 Å². The molecule has 3 N–H and O–H groups in total. The average molecular weight is 1300 g/mol. The SMILES string of the molecule is CC(C)CCCCCCCCCCCCCCCC(=O)O[C@H](COC(=O)CCCCCCCCCCCC(C)C)COP(=O)(O)OC[C@@H](O)COP(=O)(O)OC[C@@H](COC(=O)CCCCCCCCC(C)C)OC(=O)CCCCCCCCCCC(C)C. The van der Waals surface area contributed by atoms with Gasteiger partial charge in [0.2, 0.25) is 0 Å². The van der Waals surface area contributed by atoms with Gasteiger partial charge in [0.1, 0.15) is 19.3 Å². The van der Waals surface area contributed by atoms with Crippen molar-refractivity contribution in [2.45, 2.75) is 356 Å². The Bertz CT molecular complexity index is 1750. The fourth-order valence-electron chi connectivity index (χ4n) is 10.3. The summed E-state index contributed by atoms with van der Waals surface area (Å²) < 4.78 is 68.2. The van der Waals surface area contributed by atoms with Crippen molar-refractivity contribution in [1.29, 1.82) is 0 Å². The van der Waals surface area contributed by atoms with Crippen molar-refractivity contribution in [2.75, 3.05) is 39.6 Å². The first kappa shape index (κ1) is 86.1. The second-order valence-corrected chi connectivity index (χ2v) is 29.7. The van der Waals surface area contributed by atoms with E-state index >= 15 is 0 Å². The molecule has 0 fully saturated rings. The van der Waals surface area contributed by atoms with Crippen molar-refractivity contribution in [3.05, 3.63) is 0 Å². The second kappa shape index (κ2) is 58.8. The summed E-state index contributed by atoms with van der Waals surface area (Å²) in [6.07, 6.45) is 40.5. The molecule has 19 heteroatoms. The van der Waals surface area contributed by atoms with Crippen LogP contribution in [0.2, 0.25) is 0 Å². The molecule has 522 valence electrons. The number of carbonyl (C=O) groups is 4. The van der Waals surface area contributed by atoms with E-state index in [0.29, 0.717) is 31.6 Å². The van der Waals surface area contributed by atoms with Crippen molar-refractivity contribution < 1.29 is 80.2 Å². The van der Waals surface area contributed by atoms with Crippen LogP contribution in [0.4, 0.5) is 0 Å². The summed E-state index contributed by atoms with van der Waals surface area (Å²) in [6, 6.07) is 0. The third kappa shape index (κ3) is 62.8. The van der Waals surface area contributed by atoms with E-state index < -0.39 is 97.5 Å². The number of unbranched alkanes of at least 4 members (excludes halogenated alkanes) is 32. The lowest BCUT2D eigenvalue weighted by molar-refractivity contribution is -0.161. The van der Waals surface area contributed by atoms with Crippen LogP contribution in [-0.4, -0.2) is 96.7 Å². The Labute approximate surface area is 537 Å². The maximum absolute atomic E-state index is 13.0. The molecule has 0 aliphatic carbocycles. The molecule has 2 unspecified atom stereocenters. The zero-order valence-electron chi connectivity index (χ0n) is 57.3. The Balaban J connectivity index is 5.24. The zero-order valence-corrected chi connectivity index (χ0v) is 59.1. The highest BCUT2D eigenvalue weighted by Crippen LogP contribution is 2.45. The molecule has 0 aromatic rings. The number of phosphoric ester groups is 2. The molecule has 0 aromatic heterocycles. The number of hydrogen-bond donors (Lipinski definition) is 3. The van der Waals surface area contributed by atoms with Gasteiger partial charge in [-0.2, -0.15) is 0 Å². The fourth-order valence-corrected chi connectivity index (χ4v) is 11.9. The van der Waals surface area contributed by atoms with Crippen LogP contribution >= 0.6 is 15.6 Å². The lowest BCUT2D eigenvalue weighted by Gasteiger charge is -2.21. The first-order valence-electron chi connectivity index (χ1n) is 35.7. The zero-order chi connectivity index (χ0) is 65.4. The van der Waals surface area contributed by atoms with Crippen LogP contribution < -0.4 is 0 Å². The van der Waals surface area contributed by atoms with E-state index in [-0.39, 0.29) is 25.7 Å². The Morgan fingerprint density at radius 1 is 0.284 bits per heavy atom. The normalized spacial score (nSPS) is 14.3. The molecule has 0 bridgehead atoms. The first-order valence-corrected chi connectivity index (χ1v) is 38.7. The monoisotopic (exact) mass is 1300 g/mol. The molecule has 88 heavy (non-hydrogen) atoms. The number of phosphoric acid groups is 2. The van der Waals surface area contributed by atoms with E-state index in [1.54, 1.807) is 0 Å². The predicted molar refractivity (Wildman–Crippen MR) is 354 cm³/mol. The Morgan fingerprint density at radius 3 is 0.705 bits per heavy atom. The minimum absolute atomic E-state index is 0.103. The van der Waals surface area contributed by atoms with Gasteiger partial charge in [-0.05, 0) is 49.4 Å². The van der Waals surface area contributed by atoms with Crippen LogP contribution in [0.15, 0.2) is 0 Å². The largest absolute Gasteiger partial charge is 0.472 e. The molecular formula is C69H134O17P2. The van der Waals surface area contributed by atoms with Gasteiger partial charge in [-0.15, -0.1) is 0 Å². The molecule has 0 aliphatic heterocycles. The van der Waals surface area contributed by atoms with Gasteiger partial charge < -0.3 is 33.8 Å². The van der Waals surface area contributed by atoms with Crippen LogP contribution in [0.5, 0.6) is 0 Å². The Kier molecular flexibility index (Phi) is 57.6. The third-order valence-corrected chi connectivity index (χ3v) is 17.7. The molecule has 0 radical (unpaired) electrons. The molecule has 0 heterocycles. The minimum Gasteiger partial charge on any atom is -0.462 e. The number of ether oxygens (including phenoxy) is 4. The smallest absolute Gasteiger partial charge is 0.462 e. The van der Waals surface area contributed by atoms with Crippen molar-refractivity contribution in [1.82, 2.24) is 0 Å². The number of esters is 4. The van der Waals surface area contributed by atoms with E-state index in [0.717, 1.165) is 114 Å². The molecule has 0 saturated heterocycles. The molecule has 17 nitrogen and oxygen atoms in total. The summed E-state index contributed by atoms with van der Waals surface area (Å²) in [6.45, 7) is 14.0. The third-order valence-electron chi connectivity index (χ3n) is 15.8. The standard InChI is InChI=1S/C69H134O17P2/c1-59(2)45-37-29-21-15-12-10-9-11-13-17-25-35-43-51-68(73)85-64(55-79-66(71)49-41-33-24-18-14-16-22-30-38-46-60(3)4)57-83-87(75,76)81-53-63(70)54-82-88(77,78)84-58-65(56-80-67(72)50-42-34-28-27-32-40-48-62(7)8)86-69(74)52-44-36-26-20-19-23-31-39-47-61(5)6/h59-65,70H,9-58H2,1-8H3,(H,75,76)(H,77,78)/t63-,64-,65-/m1/s1. The van der Waals surface area contributed by atoms with Gasteiger partial charge in [-0.3, -0.25) is 37.3 Å². The molecule has 0 aromatic carbocycles. The maximum atomic E-state index is 13.0. The maximum Gasteiger partial charge on any atom is 0.472 e. The summed E-state index contributed by atoms with van der Waals surface area (Å²) in [5.41, 5.74) is 0. The minimum atomic E-state index is -4.95. The van der Waals surface area contributed by atoms with E-state index in [1.807, 2.05) is 0 Å². The molecule has 0 aliphatic rings. The van der Waals surface area contributed by atoms with Crippen LogP contribution in [0, 0.1) is 23.7 Å². The van der Waals surface area contributed by atoms with E-state index in [2.05, 4.69) is 55.4 Å². The van der Waals surface area contributed by atoms with Crippen molar-refractivity contribution in [3.8, 4) is 0 Å². The van der Waals surface area contributed by atoms with Gasteiger partial charge in [-0.25, -0.2) is 9.13 Å². The van der Waals surface area contributed by atoms with Crippen molar-refractivity contribution in [2.24, 2.45) is 23.7 Å². The highest BCUT2D eigenvalue weighted by Gasteiger charge is 2.30. The summed E-state index contributed by atoms with van der Waals surface area (Å²) in [5, 5.41) is 10.6. The van der Waals surface area contributed by atoms with Gasteiger partial charge in [-0.1, -0.05) is 287 Å². The Hall–Kier alpha value is -1.94. The number of aliphatic hydroxyl groups excluding tert-OH is 1. The number of aliphatic hydroxyl groups is 1. The van der Waals surface area contributed by atoms with Crippen molar-refractivity contribution >= 4 is 39.5 Å². The summed E-state index contributed by atoms with van der Waals surface area (Å²) in [5.74, 6) is 0.794. The van der Waals surface area contributed by atoms with Crippen LogP contribution in [0.3, 0.4) is 0 Å². The molecule has 0 saturated carbocycles. The molecule has 5 atom stereocenters. The van der Waals surface area contributed by atoms with Crippen molar-refractivity contribution in [3.63, 3.8) is 0 Å². The topological polar surface area (TPSA) is 237 Å². The summed E-state index contributed by atoms with van der Waals surface area (Å²) in [4.78, 5) is 72.4. The number of rotatable bonds is 66. The fraction of sp³-hybridized carbons (Fsp3) is 0.942. The summed E-state index contributed by atoms with van der Waals surface area (Å²) >= 11 is 0. The van der Waals surface area contributed by atoms with E-state index in [1.165, 1.54) is 135 Å². The van der Waals surface area contributed by atoms with Crippen LogP contribution in [0.1, 0.15) is 338 Å². The van der Waals surface area contributed by atoms with Gasteiger partial charge in [0, 0.05) is 25.7 Å². The highest BCUT2D eigenvalue weighted by atomic mass is 31.2. The molecule has 0 spiro atoms. The lowest BCUT2D eigenvalue weighted by atomic mass is 10.0. The van der Waals surface area contributed by atoms with E-state index in [4.69, 9.17) is 37.0 Å². The lowest BCUT2D eigenvalue weighted by Crippen LogP contribution is -2.30. The van der Waals surface area contributed by atoms with E-state index in [9.17, 15) is 43.2 Å². The number of hydrogen-bond acceptors (Lipinski definition) is 15. The molecular weight excluding hydrogens is 1160 g/mol. The van der Waals surface area contributed by atoms with Gasteiger partial charge in [0.15, 0.2) is 12.2 Å². The number of carbonyl (C=O) groups excluding carboxylic acids is 4. The second-order valence-electron chi connectivity index (χ2n) is 26.8. The predicted octanol–water partition coefficient (Wildman–Crippen LogP) is 19.3. The Morgan fingerprint density at radius 2 is 0.477 bits per heavy atom. The van der Waals surface area contributed by atoms with Gasteiger partial charge in [0.05, 0.1) is 26.4 Å². The molecule has 0 amide bonds. The first-order chi connectivity index (χ1) is 42.1. The van der Waals surface area contributed by atoms with Gasteiger partial charge >= 0.3 is 39.5 Å². The molecule has 0 rings (SSSR count). The quantitative estimate of drug-likeness (QED) is 0.0222. The summed E-state index contributed by atoms with van der Waals surface area (Å²) in [7, 11) is -9.90.